The number of halogens is 2. The molecule has 0 bridgehead atoms. The molecule has 0 atom stereocenters. The largest absolute Gasteiger partial charge is 0.0922 e. The van der Waals surface area contributed by atoms with E-state index in [1.807, 2.05) is 0 Å². The molecule has 0 spiro atoms. The second-order valence-electron chi connectivity index (χ2n) is 4.11. The Hall–Kier alpha value is 0.180. The first-order chi connectivity index (χ1) is 7.17. The Bertz CT molecular complexity index is 295. The first-order valence-corrected chi connectivity index (χ1v) is 7.38. The van der Waals surface area contributed by atoms with Crippen LogP contribution in [0.2, 0.25) is 0 Å². The van der Waals surface area contributed by atoms with Crippen LogP contribution in [0.15, 0.2) is 28.7 Å². The zero-order chi connectivity index (χ0) is 11.3. The van der Waals surface area contributed by atoms with Gasteiger partial charge in [0.15, 0.2) is 0 Å². The molecule has 0 nitrogen and oxygen atoms in total. The number of alkyl halides is 1. The Balaban J connectivity index is 2.88. The lowest BCUT2D eigenvalue weighted by Crippen LogP contribution is -2.24. The molecule has 0 aliphatic carbocycles. The second-order valence-corrected chi connectivity index (χ2v) is 5.52. The summed E-state index contributed by atoms with van der Waals surface area (Å²) < 4.78 is 1.23. The van der Waals surface area contributed by atoms with Crippen molar-refractivity contribution in [2.24, 2.45) is 5.41 Å². The summed E-state index contributed by atoms with van der Waals surface area (Å²) in [4.78, 5) is 0. The van der Waals surface area contributed by atoms with Crippen molar-refractivity contribution in [3.63, 3.8) is 0 Å². The average Bonchev–Trinajstić information content (AvgIpc) is 2.29. The van der Waals surface area contributed by atoms with Crippen molar-refractivity contribution in [3.05, 3.63) is 34.3 Å². The Kier molecular flexibility index (Phi) is 5.34. The van der Waals surface area contributed by atoms with Crippen LogP contribution in [0.5, 0.6) is 0 Å². The molecule has 0 aromatic heterocycles. The minimum absolute atomic E-state index is 0.407. The molecule has 0 heterocycles. The predicted octanol–water partition coefficient (Wildman–Crippen LogP) is 5.19. The Morgan fingerprint density at radius 3 is 2.20 bits per heavy atom. The van der Waals surface area contributed by atoms with Gasteiger partial charge in [-0.1, -0.05) is 63.9 Å². The van der Waals surface area contributed by atoms with Gasteiger partial charge in [-0.05, 0) is 36.3 Å². The molecule has 0 unspecified atom stereocenters. The molecule has 84 valence electrons. The number of hydrogen-bond donors (Lipinski definition) is 0. The Labute approximate surface area is 110 Å². The highest BCUT2D eigenvalue weighted by molar-refractivity contribution is 9.10. The molecule has 0 N–H and O–H groups in total. The van der Waals surface area contributed by atoms with E-state index in [9.17, 15) is 0 Å². The summed E-state index contributed by atoms with van der Waals surface area (Å²) in [6.45, 7) is 4.56. The van der Waals surface area contributed by atoms with Gasteiger partial charge in [-0.15, -0.1) is 0 Å². The standard InChI is InChI=1S/C13H18Br2/c1-3-13(4-2,10-14)9-11-7-5-6-8-12(11)15/h5-8H,3-4,9-10H2,1-2H3. The fraction of sp³-hybridized carbons (Fsp3) is 0.538. The van der Waals surface area contributed by atoms with Gasteiger partial charge in [0, 0.05) is 9.80 Å². The van der Waals surface area contributed by atoms with Crippen LogP contribution in [-0.2, 0) is 6.42 Å². The Morgan fingerprint density at radius 1 is 1.13 bits per heavy atom. The van der Waals surface area contributed by atoms with Crippen LogP contribution in [0.3, 0.4) is 0 Å². The SMILES string of the molecule is CCC(CC)(CBr)Cc1ccccc1Br. The zero-order valence-corrected chi connectivity index (χ0v) is 12.6. The molecule has 2 heteroatoms. The normalized spacial score (nSPS) is 11.7. The van der Waals surface area contributed by atoms with E-state index in [1.165, 1.54) is 22.9 Å². The van der Waals surface area contributed by atoms with Crippen molar-refractivity contribution < 1.29 is 0 Å². The minimum Gasteiger partial charge on any atom is -0.0922 e. The molecule has 0 amide bonds. The third kappa shape index (κ3) is 3.32. The van der Waals surface area contributed by atoms with Crippen LogP contribution in [-0.4, -0.2) is 5.33 Å². The fourth-order valence-corrected chi connectivity index (χ4v) is 3.20. The van der Waals surface area contributed by atoms with Gasteiger partial charge in [-0.2, -0.15) is 0 Å². The minimum atomic E-state index is 0.407. The van der Waals surface area contributed by atoms with Crippen molar-refractivity contribution in [1.29, 1.82) is 0 Å². The maximum absolute atomic E-state index is 3.66. The number of benzene rings is 1. The maximum Gasteiger partial charge on any atom is 0.0207 e. The third-order valence-electron chi connectivity index (χ3n) is 3.31. The van der Waals surface area contributed by atoms with Gasteiger partial charge in [-0.3, -0.25) is 0 Å². The topological polar surface area (TPSA) is 0 Å². The summed E-state index contributed by atoms with van der Waals surface area (Å²) in [6, 6.07) is 8.53. The summed E-state index contributed by atoms with van der Waals surface area (Å²) >= 11 is 7.28. The highest BCUT2D eigenvalue weighted by Crippen LogP contribution is 2.34. The molecule has 0 aliphatic rings. The van der Waals surface area contributed by atoms with E-state index in [0.717, 1.165) is 11.8 Å². The lowest BCUT2D eigenvalue weighted by atomic mass is 9.79. The van der Waals surface area contributed by atoms with Crippen molar-refractivity contribution in [2.75, 3.05) is 5.33 Å². The van der Waals surface area contributed by atoms with Gasteiger partial charge < -0.3 is 0 Å². The van der Waals surface area contributed by atoms with Crippen molar-refractivity contribution in [3.8, 4) is 0 Å². The van der Waals surface area contributed by atoms with E-state index < -0.39 is 0 Å². The van der Waals surface area contributed by atoms with Crippen LogP contribution in [0, 0.1) is 5.41 Å². The molecule has 0 fully saturated rings. The lowest BCUT2D eigenvalue weighted by Gasteiger charge is -2.30. The third-order valence-corrected chi connectivity index (χ3v) is 5.27. The zero-order valence-electron chi connectivity index (χ0n) is 9.39. The van der Waals surface area contributed by atoms with Gasteiger partial charge in [0.25, 0.3) is 0 Å². The molecular weight excluding hydrogens is 316 g/mol. The van der Waals surface area contributed by atoms with E-state index >= 15 is 0 Å². The van der Waals surface area contributed by atoms with E-state index in [0.29, 0.717) is 5.41 Å². The van der Waals surface area contributed by atoms with E-state index in [4.69, 9.17) is 0 Å². The summed E-state index contributed by atoms with van der Waals surface area (Å²) in [5.41, 5.74) is 1.82. The number of hydrogen-bond acceptors (Lipinski definition) is 0. The van der Waals surface area contributed by atoms with Crippen LogP contribution in [0.4, 0.5) is 0 Å². The molecule has 0 radical (unpaired) electrons. The van der Waals surface area contributed by atoms with Crippen molar-refractivity contribution >= 4 is 31.9 Å². The summed E-state index contributed by atoms with van der Waals surface area (Å²) in [7, 11) is 0. The van der Waals surface area contributed by atoms with Gasteiger partial charge in [-0.25, -0.2) is 0 Å². The molecule has 0 aliphatic heterocycles. The van der Waals surface area contributed by atoms with E-state index in [-0.39, 0.29) is 0 Å². The molecule has 15 heavy (non-hydrogen) atoms. The van der Waals surface area contributed by atoms with Gasteiger partial charge in [0.2, 0.25) is 0 Å². The predicted molar refractivity (Wildman–Crippen MR) is 74.7 cm³/mol. The van der Waals surface area contributed by atoms with E-state index in [2.05, 4.69) is 70.0 Å². The van der Waals surface area contributed by atoms with Crippen LogP contribution in [0.1, 0.15) is 32.3 Å². The smallest absolute Gasteiger partial charge is 0.0207 e. The molecule has 1 aromatic rings. The first kappa shape index (κ1) is 13.2. The van der Waals surface area contributed by atoms with Gasteiger partial charge in [0.1, 0.15) is 0 Å². The van der Waals surface area contributed by atoms with Gasteiger partial charge in [0.05, 0.1) is 0 Å². The quantitative estimate of drug-likeness (QED) is 0.650. The highest BCUT2D eigenvalue weighted by Gasteiger charge is 2.25. The molecular formula is C13H18Br2. The van der Waals surface area contributed by atoms with E-state index in [1.54, 1.807) is 0 Å². The first-order valence-electron chi connectivity index (χ1n) is 5.47. The molecule has 0 saturated heterocycles. The van der Waals surface area contributed by atoms with Crippen molar-refractivity contribution in [1.82, 2.24) is 0 Å². The fourth-order valence-electron chi connectivity index (χ4n) is 1.78. The Morgan fingerprint density at radius 2 is 1.73 bits per heavy atom. The van der Waals surface area contributed by atoms with Gasteiger partial charge >= 0.3 is 0 Å². The highest BCUT2D eigenvalue weighted by atomic mass is 79.9. The summed E-state index contributed by atoms with van der Waals surface area (Å²) in [5, 5.41) is 1.08. The summed E-state index contributed by atoms with van der Waals surface area (Å²) in [6.07, 6.45) is 3.58. The van der Waals surface area contributed by atoms with Crippen LogP contribution < -0.4 is 0 Å². The monoisotopic (exact) mass is 332 g/mol. The molecule has 1 rings (SSSR count). The summed E-state index contributed by atoms with van der Waals surface area (Å²) in [5.74, 6) is 0. The molecule has 0 saturated carbocycles. The maximum atomic E-state index is 3.66. The average molecular weight is 334 g/mol. The van der Waals surface area contributed by atoms with Crippen molar-refractivity contribution in [2.45, 2.75) is 33.1 Å². The number of rotatable bonds is 5. The van der Waals surface area contributed by atoms with Crippen LogP contribution >= 0.6 is 31.9 Å². The van der Waals surface area contributed by atoms with Crippen LogP contribution in [0.25, 0.3) is 0 Å². The molecule has 1 aromatic carbocycles. The second kappa shape index (κ2) is 6.05. The lowest BCUT2D eigenvalue weighted by molar-refractivity contribution is 0.306.